The number of para-hydroxylation sites is 2. The Bertz CT molecular complexity index is 831. The summed E-state index contributed by atoms with van der Waals surface area (Å²) in [7, 11) is 0. The molecule has 126 valence electrons. The first-order valence-corrected chi connectivity index (χ1v) is 8.17. The number of fused-ring (bicyclic) bond motifs is 2. The van der Waals surface area contributed by atoms with Gasteiger partial charge in [-0.25, -0.2) is 4.98 Å². The molecule has 1 aromatic heterocycles. The summed E-state index contributed by atoms with van der Waals surface area (Å²) in [6.07, 6.45) is -0.499. The molecule has 2 aliphatic rings. The van der Waals surface area contributed by atoms with Crippen LogP contribution in [0.1, 0.15) is 23.3 Å². The van der Waals surface area contributed by atoms with Gasteiger partial charge < -0.3 is 20.1 Å². The van der Waals surface area contributed by atoms with E-state index in [2.05, 4.69) is 9.97 Å². The number of aromatic nitrogens is 2. The van der Waals surface area contributed by atoms with Crippen molar-refractivity contribution >= 4 is 16.9 Å². The van der Waals surface area contributed by atoms with Crippen molar-refractivity contribution in [2.45, 2.75) is 25.0 Å². The van der Waals surface area contributed by atoms with Crippen LogP contribution in [0, 0.1) is 11.8 Å². The lowest BCUT2D eigenvalue weighted by Crippen LogP contribution is -2.38. The predicted molar refractivity (Wildman–Crippen MR) is 86.5 cm³/mol. The van der Waals surface area contributed by atoms with Gasteiger partial charge in [0.1, 0.15) is 0 Å². The maximum atomic E-state index is 12.7. The number of carbonyl (C=O) groups excluding carboxylic acids is 1. The van der Waals surface area contributed by atoms with Crippen LogP contribution < -0.4 is 5.56 Å². The SMILES string of the molecule is O=C(c1nc2ccccc2[nH]c1=O)N1C[C@H]2C[C@H](O)[C@H](O)C[C@H]2C1. The van der Waals surface area contributed by atoms with Gasteiger partial charge in [-0.05, 0) is 36.8 Å². The van der Waals surface area contributed by atoms with Gasteiger partial charge in [-0.3, -0.25) is 9.59 Å². The van der Waals surface area contributed by atoms with E-state index >= 15 is 0 Å². The van der Waals surface area contributed by atoms with Crippen LogP contribution in [0.3, 0.4) is 0 Å². The summed E-state index contributed by atoms with van der Waals surface area (Å²) in [4.78, 5) is 33.5. The zero-order valence-electron chi connectivity index (χ0n) is 13.1. The molecule has 4 rings (SSSR count). The number of amides is 1. The van der Waals surface area contributed by atoms with Crippen molar-refractivity contribution in [1.29, 1.82) is 0 Å². The van der Waals surface area contributed by atoms with Gasteiger partial charge in [-0.15, -0.1) is 0 Å². The second-order valence-electron chi connectivity index (χ2n) is 6.77. The molecule has 2 aromatic rings. The van der Waals surface area contributed by atoms with Crippen LogP contribution in [0.2, 0.25) is 0 Å². The number of hydrogen-bond donors (Lipinski definition) is 3. The molecule has 4 atom stereocenters. The fourth-order valence-electron chi connectivity index (χ4n) is 3.90. The summed E-state index contributed by atoms with van der Waals surface area (Å²) in [6.45, 7) is 0.975. The highest BCUT2D eigenvalue weighted by Gasteiger charge is 2.43. The molecule has 7 nitrogen and oxygen atoms in total. The molecule has 2 fully saturated rings. The standard InChI is InChI=1S/C17H19N3O4/c21-13-5-9-7-20(8-10(9)6-14(13)22)17(24)15-16(23)19-12-4-2-1-3-11(12)18-15/h1-4,9-10,13-14,21-22H,5-8H2,(H,19,23)/t9-,10+,13+,14-. The van der Waals surface area contributed by atoms with Crippen molar-refractivity contribution in [3.8, 4) is 0 Å². The number of H-pyrrole nitrogens is 1. The summed E-state index contributed by atoms with van der Waals surface area (Å²) in [6, 6.07) is 7.09. The molecular weight excluding hydrogens is 310 g/mol. The molecule has 0 spiro atoms. The van der Waals surface area contributed by atoms with Crippen molar-refractivity contribution in [1.82, 2.24) is 14.9 Å². The average molecular weight is 329 g/mol. The molecule has 1 amide bonds. The zero-order valence-corrected chi connectivity index (χ0v) is 13.1. The molecule has 2 heterocycles. The molecule has 1 saturated heterocycles. The molecule has 0 bridgehead atoms. The highest BCUT2D eigenvalue weighted by atomic mass is 16.3. The van der Waals surface area contributed by atoms with E-state index < -0.39 is 17.8 Å². The van der Waals surface area contributed by atoms with E-state index in [1.807, 2.05) is 0 Å². The van der Waals surface area contributed by atoms with Crippen LogP contribution in [-0.2, 0) is 0 Å². The van der Waals surface area contributed by atoms with Crippen LogP contribution in [0.5, 0.6) is 0 Å². The third-order valence-electron chi connectivity index (χ3n) is 5.20. The summed E-state index contributed by atoms with van der Waals surface area (Å²) in [5, 5.41) is 19.6. The number of aliphatic hydroxyl groups is 2. The van der Waals surface area contributed by atoms with Crippen molar-refractivity contribution < 1.29 is 15.0 Å². The Hall–Kier alpha value is -2.25. The Kier molecular flexibility index (Phi) is 3.62. The largest absolute Gasteiger partial charge is 0.390 e. The summed E-state index contributed by atoms with van der Waals surface area (Å²) < 4.78 is 0. The topological polar surface area (TPSA) is 107 Å². The first-order valence-electron chi connectivity index (χ1n) is 8.17. The van der Waals surface area contributed by atoms with E-state index in [-0.39, 0.29) is 23.4 Å². The van der Waals surface area contributed by atoms with E-state index in [4.69, 9.17) is 0 Å². The third-order valence-corrected chi connectivity index (χ3v) is 5.20. The molecule has 24 heavy (non-hydrogen) atoms. The minimum atomic E-state index is -0.733. The van der Waals surface area contributed by atoms with Gasteiger partial charge in [-0.2, -0.15) is 0 Å². The Morgan fingerprint density at radius 3 is 2.42 bits per heavy atom. The number of nitrogens with one attached hydrogen (secondary N) is 1. The Morgan fingerprint density at radius 2 is 1.75 bits per heavy atom. The predicted octanol–water partition coefficient (Wildman–Crippen LogP) is 0.127. The second kappa shape index (κ2) is 5.68. The number of benzene rings is 1. The Labute approximate surface area is 137 Å². The van der Waals surface area contributed by atoms with Crippen LogP contribution in [0.25, 0.3) is 11.0 Å². The number of carbonyl (C=O) groups is 1. The van der Waals surface area contributed by atoms with Gasteiger partial charge in [0.05, 0.1) is 23.2 Å². The summed E-state index contributed by atoms with van der Waals surface area (Å²) >= 11 is 0. The lowest BCUT2D eigenvalue weighted by atomic mass is 9.79. The van der Waals surface area contributed by atoms with Gasteiger partial charge in [-0.1, -0.05) is 12.1 Å². The Balaban J connectivity index is 1.61. The average Bonchev–Trinajstić information content (AvgIpc) is 2.96. The molecule has 7 heteroatoms. The van der Waals surface area contributed by atoms with Crippen molar-refractivity contribution in [2.24, 2.45) is 11.8 Å². The first kappa shape index (κ1) is 15.3. The quantitative estimate of drug-likeness (QED) is 0.689. The van der Waals surface area contributed by atoms with E-state index in [0.717, 1.165) is 0 Å². The summed E-state index contributed by atoms with van der Waals surface area (Å²) in [5.41, 5.74) is 0.574. The number of hydrogen-bond acceptors (Lipinski definition) is 5. The zero-order chi connectivity index (χ0) is 16.8. The number of likely N-dealkylation sites (tertiary alicyclic amines) is 1. The molecule has 0 radical (unpaired) electrons. The fraction of sp³-hybridized carbons (Fsp3) is 0.471. The van der Waals surface area contributed by atoms with Gasteiger partial charge in [0.25, 0.3) is 11.5 Å². The van der Waals surface area contributed by atoms with Gasteiger partial charge in [0.2, 0.25) is 0 Å². The number of nitrogens with zero attached hydrogens (tertiary/aromatic N) is 2. The minimum Gasteiger partial charge on any atom is -0.390 e. The lowest BCUT2D eigenvalue weighted by molar-refractivity contribution is -0.0372. The van der Waals surface area contributed by atoms with E-state index in [9.17, 15) is 19.8 Å². The molecule has 1 aromatic carbocycles. The van der Waals surface area contributed by atoms with Crippen LogP contribution >= 0.6 is 0 Å². The first-order chi connectivity index (χ1) is 11.5. The van der Waals surface area contributed by atoms with Gasteiger partial charge in [0.15, 0.2) is 5.69 Å². The molecule has 1 aliphatic carbocycles. The normalized spacial score (nSPS) is 29.7. The maximum absolute atomic E-state index is 12.7. The highest BCUT2D eigenvalue weighted by molar-refractivity contribution is 5.93. The van der Waals surface area contributed by atoms with Crippen molar-refractivity contribution in [3.05, 3.63) is 40.3 Å². The molecule has 3 N–H and O–H groups in total. The van der Waals surface area contributed by atoms with Crippen molar-refractivity contribution in [2.75, 3.05) is 13.1 Å². The van der Waals surface area contributed by atoms with Gasteiger partial charge in [0, 0.05) is 13.1 Å². The third kappa shape index (κ3) is 2.50. The number of aliphatic hydroxyl groups excluding tert-OH is 2. The molecule has 1 aliphatic heterocycles. The van der Waals surface area contributed by atoms with Crippen LogP contribution in [0.15, 0.2) is 29.1 Å². The monoisotopic (exact) mass is 329 g/mol. The number of rotatable bonds is 1. The smallest absolute Gasteiger partial charge is 0.280 e. The van der Waals surface area contributed by atoms with Crippen molar-refractivity contribution in [3.63, 3.8) is 0 Å². The van der Waals surface area contributed by atoms with E-state index in [0.29, 0.717) is 37.0 Å². The molecule has 0 unspecified atom stereocenters. The lowest BCUT2D eigenvalue weighted by Gasteiger charge is -2.31. The fourth-order valence-corrected chi connectivity index (χ4v) is 3.90. The van der Waals surface area contributed by atoms with Crippen LogP contribution in [0.4, 0.5) is 0 Å². The summed E-state index contributed by atoms with van der Waals surface area (Å²) in [5.74, 6) is -0.0702. The molecular formula is C17H19N3O4. The van der Waals surface area contributed by atoms with E-state index in [1.165, 1.54) is 0 Å². The Morgan fingerprint density at radius 1 is 1.12 bits per heavy atom. The van der Waals surface area contributed by atoms with E-state index in [1.54, 1.807) is 29.2 Å². The number of aromatic amines is 1. The minimum absolute atomic E-state index is 0.103. The highest BCUT2D eigenvalue weighted by Crippen LogP contribution is 2.36. The maximum Gasteiger partial charge on any atom is 0.280 e. The van der Waals surface area contributed by atoms with Crippen LogP contribution in [-0.4, -0.2) is 56.3 Å². The van der Waals surface area contributed by atoms with Gasteiger partial charge >= 0.3 is 0 Å². The molecule has 1 saturated carbocycles. The second-order valence-corrected chi connectivity index (χ2v) is 6.77.